The number of carbonyl (C=O) groups excluding carboxylic acids is 3. The molecule has 0 aliphatic carbocycles. The Balaban J connectivity index is 1.37. The van der Waals surface area contributed by atoms with Crippen molar-refractivity contribution in [2.75, 3.05) is 43.1 Å². The lowest BCUT2D eigenvalue weighted by Gasteiger charge is -2.24. The van der Waals surface area contributed by atoms with E-state index >= 15 is 0 Å². The molecule has 0 spiro atoms. The quantitative estimate of drug-likeness (QED) is 0.720. The Hall–Kier alpha value is -3.26. The number of ether oxygens (including phenoxy) is 2. The predicted molar refractivity (Wildman–Crippen MR) is 120 cm³/mol. The SMILES string of the molecule is CCN(CC(=O)Nc1ccc2c(c1)OCCO2)C(=O)C1CC(=O)N(c2cccc(Cl)c2)C1. The Bertz CT molecular complexity index is 1040. The molecule has 1 N–H and O–H groups in total. The van der Waals surface area contributed by atoms with Crippen LogP contribution in [0.4, 0.5) is 11.4 Å². The summed E-state index contributed by atoms with van der Waals surface area (Å²) in [6, 6.07) is 12.1. The van der Waals surface area contributed by atoms with Gasteiger partial charge in [0.05, 0.1) is 12.5 Å². The Morgan fingerprint density at radius 2 is 1.94 bits per heavy atom. The maximum Gasteiger partial charge on any atom is 0.243 e. The van der Waals surface area contributed by atoms with E-state index in [1.54, 1.807) is 54.3 Å². The van der Waals surface area contributed by atoms with Gasteiger partial charge in [0.2, 0.25) is 17.7 Å². The minimum Gasteiger partial charge on any atom is -0.486 e. The standard InChI is InChI=1S/C23H24ClN3O5/c1-2-26(14-21(28)25-17-6-7-19-20(12-17)32-9-8-31-19)23(30)15-10-22(29)27(13-15)18-5-3-4-16(24)11-18/h3-7,11-12,15H,2,8-10,13-14H2,1H3,(H,25,28). The number of nitrogens with zero attached hydrogens (tertiary/aromatic N) is 2. The van der Waals surface area contributed by atoms with E-state index in [1.165, 1.54) is 4.90 Å². The minimum absolute atomic E-state index is 0.103. The van der Waals surface area contributed by atoms with Gasteiger partial charge in [0.15, 0.2) is 11.5 Å². The van der Waals surface area contributed by atoms with Gasteiger partial charge in [-0.15, -0.1) is 0 Å². The van der Waals surface area contributed by atoms with E-state index in [0.717, 1.165) is 0 Å². The van der Waals surface area contributed by atoms with Crippen LogP contribution in [0, 0.1) is 5.92 Å². The maximum atomic E-state index is 13.0. The third kappa shape index (κ3) is 4.80. The van der Waals surface area contributed by atoms with Crippen LogP contribution in [0.1, 0.15) is 13.3 Å². The molecule has 2 aromatic carbocycles. The van der Waals surface area contributed by atoms with Crippen molar-refractivity contribution >= 4 is 40.7 Å². The van der Waals surface area contributed by atoms with Crippen molar-refractivity contribution in [3.05, 3.63) is 47.5 Å². The molecule has 9 heteroatoms. The summed E-state index contributed by atoms with van der Waals surface area (Å²) in [6.07, 6.45) is 0.103. The van der Waals surface area contributed by atoms with E-state index in [1.807, 2.05) is 0 Å². The van der Waals surface area contributed by atoms with Crippen LogP contribution in [0.5, 0.6) is 11.5 Å². The number of hydrogen-bond donors (Lipinski definition) is 1. The largest absolute Gasteiger partial charge is 0.486 e. The van der Waals surface area contributed by atoms with E-state index in [9.17, 15) is 14.4 Å². The number of likely N-dealkylation sites (N-methyl/N-ethyl adjacent to an activating group) is 1. The number of nitrogens with one attached hydrogen (secondary N) is 1. The van der Waals surface area contributed by atoms with Crippen LogP contribution in [0.2, 0.25) is 5.02 Å². The zero-order chi connectivity index (χ0) is 22.7. The first-order chi connectivity index (χ1) is 15.4. The number of benzene rings is 2. The fraction of sp³-hybridized carbons (Fsp3) is 0.348. The molecule has 8 nitrogen and oxygen atoms in total. The molecule has 3 amide bonds. The normalized spacial score (nSPS) is 17.2. The van der Waals surface area contributed by atoms with Gasteiger partial charge in [-0.3, -0.25) is 14.4 Å². The van der Waals surface area contributed by atoms with Crippen molar-refractivity contribution < 1.29 is 23.9 Å². The zero-order valence-corrected chi connectivity index (χ0v) is 18.4. The monoisotopic (exact) mass is 457 g/mol. The first-order valence-electron chi connectivity index (χ1n) is 10.5. The lowest BCUT2D eigenvalue weighted by atomic mass is 10.1. The van der Waals surface area contributed by atoms with Crippen molar-refractivity contribution in [2.45, 2.75) is 13.3 Å². The Labute approximate surface area is 191 Å². The third-order valence-electron chi connectivity index (χ3n) is 5.45. The fourth-order valence-corrected chi connectivity index (χ4v) is 4.05. The highest BCUT2D eigenvalue weighted by Gasteiger charge is 2.37. The fourth-order valence-electron chi connectivity index (χ4n) is 3.87. The second-order valence-electron chi connectivity index (χ2n) is 7.64. The average molecular weight is 458 g/mol. The van der Waals surface area contributed by atoms with Crippen LogP contribution < -0.4 is 19.7 Å². The molecule has 2 aliphatic heterocycles. The molecule has 168 valence electrons. The Morgan fingerprint density at radius 1 is 1.16 bits per heavy atom. The number of hydrogen-bond acceptors (Lipinski definition) is 5. The van der Waals surface area contributed by atoms with E-state index in [2.05, 4.69) is 5.32 Å². The van der Waals surface area contributed by atoms with Crippen molar-refractivity contribution in [1.82, 2.24) is 4.90 Å². The molecule has 2 heterocycles. The van der Waals surface area contributed by atoms with Gasteiger partial charge >= 0.3 is 0 Å². The highest BCUT2D eigenvalue weighted by molar-refractivity contribution is 6.31. The molecule has 1 fully saturated rings. The molecule has 0 saturated carbocycles. The van der Waals surface area contributed by atoms with Gasteiger partial charge in [0.1, 0.15) is 13.2 Å². The number of rotatable bonds is 6. The number of amides is 3. The molecule has 0 bridgehead atoms. The molecular weight excluding hydrogens is 434 g/mol. The molecule has 1 atom stereocenters. The molecule has 32 heavy (non-hydrogen) atoms. The predicted octanol–water partition coefficient (Wildman–Crippen LogP) is 2.95. The number of fused-ring (bicyclic) bond motifs is 1. The van der Waals surface area contributed by atoms with Crippen LogP contribution in [-0.2, 0) is 14.4 Å². The molecular formula is C23H24ClN3O5. The van der Waals surface area contributed by atoms with E-state index in [-0.39, 0.29) is 37.2 Å². The van der Waals surface area contributed by atoms with Crippen LogP contribution in [0.15, 0.2) is 42.5 Å². The van der Waals surface area contributed by atoms with Gasteiger partial charge in [-0.1, -0.05) is 17.7 Å². The summed E-state index contributed by atoms with van der Waals surface area (Å²) in [5.74, 6) is 0.0133. The summed E-state index contributed by atoms with van der Waals surface area (Å²) >= 11 is 6.03. The summed E-state index contributed by atoms with van der Waals surface area (Å²) in [5.41, 5.74) is 1.23. The molecule has 1 unspecified atom stereocenters. The summed E-state index contributed by atoms with van der Waals surface area (Å²) in [7, 11) is 0. The van der Waals surface area contributed by atoms with Gasteiger partial charge in [-0.2, -0.15) is 0 Å². The van der Waals surface area contributed by atoms with Gasteiger partial charge in [-0.05, 0) is 37.3 Å². The van der Waals surface area contributed by atoms with E-state index < -0.39 is 5.92 Å². The van der Waals surface area contributed by atoms with Crippen LogP contribution in [-0.4, -0.2) is 55.5 Å². The Kier molecular flexibility index (Phi) is 6.50. The lowest BCUT2D eigenvalue weighted by Crippen LogP contribution is -2.42. The van der Waals surface area contributed by atoms with Gasteiger partial charge in [0, 0.05) is 42.0 Å². The molecule has 0 radical (unpaired) electrons. The van der Waals surface area contributed by atoms with Crippen LogP contribution in [0.25, 0.3) is 0 Å². The second-order valence-corrected chi connectivity index (χ2v) is 8.08. The van der Waals surface area contributed by atoms with Crippen molar-refractivity contribution in [2.24, 2.45) is 5.92 Å². The van der Waals surface area contributed by atoms with Gasteiger partial charge in [-0.25, -0.2) is 0 Å². The number of halogens is 1. The lowest BCUT2D eigenvalue weighted by molar-refractivity contribution is -0.138. The maximum absolute atomic E-state index is 13.0. The first kappa shape index (κ1) is 22.0. The molecule has 0 aromatic heterocycles. The molecule has 4 rings (SSSR count). The Morgan fingerprint density at radius 3 is 2.69 bits per heavy atom. The second kappa shape index (κ2) is 9.48. The highest BCUT2D eigenvalue weighted by atomic mass is 35.5. The van der Waals surface area contributed by atoms with E-state index in [4.69, 9.17) is 21.1 Å². The topological polar surface area (TPSA) is 88.2 Å². The van der Waals surface area contributed by atoms with Crippen molar-refractivity contribution in [3.63, 3.8) is 0 Å². The molecule has 2 aromatic rings. The minimum atomic E-state index is -0.511. The average Bonchev–Trinajstić information content (AvgIpc) is 3.18. The zero-order valence-electron chi connectivity index (χ0n) is 17.7. The summed E-state index contributed by atoms with van der Waals surface area (Å²) < 4.78 is 11.0. The summed E-state index contributed by atoms with van der Waals surface area (Å²) in [4.78, 5) is 41.2. The van der Waals surface area contributed by atoms with Crippen molar-refractivity contribution in [3.8, 4) is 11.5 Å². The first-order valence-corrected chi connectivity index (χ1v) is 10.9. The van der Waals surface area contributed by atoms with Crippen LogP contribution in [0.3, 0.4) is 0 Å². The summed E-state index contributed by atoms with van der Waals surface area (Å²) in [5, 5.41) is 3.32. The number of carbonyl (C=O) groups is 3. The third-order valence-corrected chi connectivity index (χ3v) is 5.68. The van der Waals surface area contributed by atoms with Crippen molar-refractivity contribution in [1.29, 1.82) is 0 Å². The van der Waals surface area contributed by atoms with E-state index in [0.29, 0.717) is 47.7 Å². The van der Waals surface area contributed by atoms with Crippen LogP contribution >= 0.6 is 11.6 Å². The number of anilines is 2. The smallest absolute Gasteiger partial charge is 0.243 e. The molecule has 1 saturated heterocycles. The summed E-state index contributed by atoms with van der Waals surface area (Å²) in [6.45, 7) is 3.26. The van der Waals surface area contributed by atoms with Gasteiger partial charge < -0.3 is 24.6 Å². The van der Waals surface area contributed by atoms with Gasteiger partial charge in [0.25, 0.3) is 0 Å². The highest BCUT2D eigenvalue weighted by Crippen LogP contribution is 2.32. The molecule has 2 aliphatic rings.